The summed E-state index contributed by atoms with van der Waals surface area (Å²) in [7, 11) is 0. The molecule has 0 bridgehead atoms. The maximum Gasteiger partial charge on any atom is 0.460 e. The van der Waals surface area contributed by atoms with Gasteiger partial charge in [0.2, 0.25) is 0 Å². The van der Waals surface area contributed by atoms with Gasteiger partial charge in [-0.25, -0.2) is 0 Å². The fourth-order valence-electron chi connectivity index (χ4n) is 3.34. The fourth-order valence-corrected chi connectivity index (χ4v) is 3.34. The molecule has 0 amide bonds. The molecule has 0 fully saturated rings. The normalized spacial score (nSPS) is 18.3. The third kappa shape index (κ3) is 6.17. The summed E-state index contributed by atoms with van der Waals surface area (Å²) in [5.74, 6) is -169. The third-order valence-electron chi connectivity index (χ3n) is 7.06. The average Bonchev–Trinajstić information content (AvgIpc) is 2.98. The first-order valence-corrected chi connectivity index (χ1v) is 12.1. The molecule has 0 rings (SSSR count). The summed E-state index contributed by atoms with van der Waals surface area (Å²) >= 11 is 0. The minimum absolute atomic E-state index is 8.21. The van der Waals surface area contributed by atoms with Crippen molar-refractivity contribution in [3.05, 3.63) is 0 Å². The molecule has 0 saturated carbocycles. The van der Waals surface area contributed by atoms with Gasteiger partial charge in [-0.15, -0.1) is 0 Å². The summed E-state index contributed by atoms with van der Waals surface area (Å²) in [5.41, 5.74) is 0. The second kappa shape index (κ2) is 13.1. The van der Waals surface area contributed by atoms with E-state index in [0.29, 0.717) is 0 Å². The molecule has 1 unspecified atom stereocenters. The molecule has 1 nitrogen and oxygen atoms in total. The van der Waals surface area contributed by atoms with Crippen LogP contribution >= 0.6 is 0 Å². The van der Waals surface area contributed by atoms with Crippen LogP contribution in [0.15, 0.2) is 0 Å². The zero-order valence-corrected chi connectivity index (χ0v) is 24.7. The highest BCUT2D eigenvalue weighted by atomic mass is 19.5. The first-order valence-electron chi connectivity index (χ1n) is 12.1. The number of hydrogen-bond donors (Lipinski definition) is 1. The molecule has 40 heteroatoms. The summed E-state index contributed by atoms with van der Waals surface area (Å²) in [4.78, 5) is 0. The van der Waals surface area contributed by atoms with E-state index in [1.165, 1.54) is 0 Å². The second-order valence-electron chi connectivity index (χ2n) is 10.8. The van der Waals surface area contributed by atoms with Crippen molar-refractivity contribution in [1.29, 1.82) is 0 Å². The van der Waals surface area contributed by atoms with Crippen LogP contribution in [-0.4, -0.2) is 118 Å². The van der Waals surface area contributed by atoms with E-state index in [2.05, 4.69) is 0 Å². The van der Waals surface area contributed by atoms with Gasteiger partial charge in [-0.3, -0.25) is 0 Å². The van der Waals surface area contributed by atoms with Crippen molar-refractivity contribution in [2.24, 2.45) is 0 Å². The SMILES string of the molecule is OC(F)(C(F)(F)C(F)(F)C(F)(F)C(F)(F)C(F)(F)C(F)(F)F)C(F)(F)C(F)(F)C(F)(F)C(F)(F)C(F)(F)C(F)(F)C(F)(F)C(F)(F)C(F)(F)C(F)(F)C(F)(F)C(F)(F)F. The Morgan fingerprint density at radius 1 is 0.136 bits per heavy atom. The molecule has 59 heavy (non-hydrogen) atoms. The highest BCUT2D eigenvalue weighted by molar-refractivity contribution is 5.23. The molecular formula is C19HF39O. The Labute approximate surface area is 291 Å². The van der Waals surface area contributed by atoms with Crippen molar-refractivity contribution >= 4 is 0 Å². The summed E-state index contributed by atoms with van der Waals surface area (Å²) < 4.78 is 520. The summed E-state index contributed by atoms with van der Waals surface area (Å²) in [6.45, 7) is 0. The molecular weight excluding hydrogens is 985 g/mol. The van der Waals surface area contributed by atoms with Gasteiger partial charge >= 0.3 is 113 Å². The average molecular weight is 986 g/mol. The lowest BCUT2D eigenvalue weighted by atomic mass is 9.81. The largest absolute Gasteiger partial charge is 0.460 e. The van der Waals surface area contributed by atoms with Gasteiger partial charge in [-0.2, -0.15) is 171 Å². The highest BCUT2D eigenvalue weighted by Gasteiger charge is 3.02. The second-order valence-corrected chi connectivity index (χ2v) is 10.8. The Morgan fingerprint density at radius 2 is 0.220 bits per heavy atom. The van der Waals surface area contributed by atoms with E-state index in [-0.39, 0.29) is 0 Å². The van der Waals surface area contributed by atoms with Gasteiger partial charge in [0.1, 0.15) is 0 Å². The van der Waals surface area contributed by atoms with Crippen LogP contribution in [-0.2, 0) is 0 Å². The minimum atomic E-state index is -10.5. The molecule has 0 heterocycles. The van der Waals surface area contributed by atoms with E-state index < -0.39 is 113 Å². The molecule has 0 aliphatic carbocycles. The first kappa shape index (κ1) is 56.2. The van der Waals surface area contributed by atoms with Crippen LogP contribution in [0.5, 0.6) is 0 Å². The molecule has 356 valence electrons. The monoisotopic (exact) mass is 986 g/mol. The lowest BCUT2D eigenvalue weighted by Crippen LogP contribution is -2.81. The van der Waals surface area contributed by atoms with Gasteiger partial charge in [-0.05, 0) is 0 Å². The molecule has 1 N–H and O–H groups in total. The predicted molar refractivity (Wildman–Crippen MR) is 97.3 cm³/mol. The van der Waals surface area contributed by atoms with Crippen LogP contribution in [0.4, 0.5) is 171 Å². The van der Waals surface area contributed by atoms with Crippen molar-refractivity contribution in [2.75, 3.05) is 0 Å². The van der Waals surface area contributed by atoms with E-state index in [4.69, 9.17) is 5.11 Å². The van der Waals surface area contributed by atoms with Crippen LogP contribution in [0.2, 0.25) is 0 Å². The molecule has 1 atom stereocenters. The van der Waals surface area contributed by atoms with Crippen molar-refractivity contribution in [1.82, 2.24) is 0 Å². The van der Waals surface area contributed by atoms with E-state index in [9.17, 15) is 171 Å². The van der Waals surface area contributed by atoms with E-state index in [1.807, 2.05) is 0 Å². The van der Waals surface area contributed by atoms with E-state index in [0.717, 1.165) is 0 Å². The maximum absolute atomic E-state index is 14.0. The number of alkyl halides is 39. The standard InChI is InChI=1S/C19HF39O/c20-1(21,3(24,25)5(28,29)7(32,33)11(40,41)15(48,49)18(53,54)55)2(22,23)4(26,27)6(30,31)9(36,37)13(44,45)17(52,59)14(46,47)10(38,39)8(34,35)12(42,43)16(50,51)19(56,57)58/h59H. The molecule has 0 saturated heterocycles. The van der Waals surface area contributed by atoms with Crippen LogP contribution in [0.1, 0.15) is 0 Å². The Balaban J connectivity index is 7.92. The topological polar surface area (TPSA) is 20.2 Å². The molecule has 0 aliphatic rings. The van der Waals surface area contributed by atoms with Crippen molar-refractivity contribution < 1.29 is 176 Å². The maximum atomic E-state index is 14.0. The lowest BCUT2D eigenvalue weighted by Gasteiger charge is -2.47. The first-order chi connectivity index (χ1) is 24.5. The number of rotatable bonds is 16. The summed E-state index contributed by atoms with van der Waals surface area (Å²) in [5, 5.41) is 8.21. The Kier molecular flexibility index (Phi) is 12.5. The Hall–Kier alpha value is -2.77. The lowest BCUT2D eigenvalue weighted by molar-refractivity contribution is -0.502. The van der Waals surface area contributed by atoms with E-state index >= 15 is 0 Å². The van der Waals surface area contributed by atoms with Gasteiger partial charge < -0.3 is 5.11 Å². The number of aliphatic hydroxyl groups is 1. The van der Waals surface area contributed by atoms with Gasteiger partial charge in [0.05, 0.1) is 0 Å². The fraction of sp³-hybridized carbons (Fsp3) is 1.00. The van der Waals surface area contributed by atoms with Crippen LogP contribution in [0.25, 0.3) is 0 Å². The van der Waals surface area contributed by atoms with Crippen molar-refractivity contribution in [3.63, 3.8) is 0 Å². The third-order valence-corrected chi connectivity index (χ3v) is 7.06. The van der Waals surface area contributed by atoms with Crippen LogP contribution in [0, 0.1) is 0 Å². The summed E-state index contributed by atoms with van der Waals surface area (Å²) in [6, 6.07) is 0. The van der Waals surface area contributed by atoms with Gasteiger partial charge in [0, 0.05) is 0 Å². The van der Waals surface area contributed by atoms with Crippen molar-refractivity contribution in [3.8, 4) is 0 Å². The van der Waals surface area contributed by atoms with Crippen molar-refractivity contribution in [2.45, 2.75) is 113 Å². The van der Waals surface area contributed by atoms with Gasteiger partial charge in [0.25, 0.3) is 0 Å². The molecule has 0 aliphatic heterocycles. The summed E-state index contributed by atoms with van der Waals surface area (Å²) in [6.07, 6.45) is -17.0. The minimum Gasteiger partial charge on any atom is -0.352 e. The predicted octanol–water partition coefficient (Wildman–Crippen LogP) is 11.9. The molecule has 0 aromatic heterocycles. The smallest absolute Gasteiger partial charge is 0.352 e. The zero-order valence-electron chi connectivity index (χ0n) is 24.7. The molecule has 0 spiro atoms. The van der Waals surface area contributed by atoms with Crippen LogP contribution in [0.3, 0.4) is 0 Å². The number of halogens is 39. The Morgan fingerprint density at radius 3 is 0.322 bits per heavy atom. The zero-order chi connectivity index (χ0) is 49.5. The molecule has 0 radical (unpaired) electrons. The van der Waals surface area contributed by atoms with Crippen LogP contribution < -0.4 is 0 Å². The van der Waals surface area contributed by atoms with E-state index in [1.54, 1.807) is 0 Å². The number of hydrogen-bond acceptors (Lipinski definition) is 1. The molecule has 0 aromatic rings. The Bertz CT molecular complexity index is 1420. The van der Waals surface area contributed by atoms with Gasteiger partial charge in [-0.1, -0.05) is 0 Å². The molecule has 0 aromatic carbocycles. The van der Waals surface area contributed by atoms with Gasteiger partial charge in [0.15, 0.2) is 0 Å². The quantitative estimate of drug-likeness (QED) is 0.153. The highest BCUT2D eigenvalue weighted by Crippen LogP contribution is 2.70.